The summed E-state index contributed by atoms with van der Waals surface area (Å²) in [6.07, 6.45) is -0.117. The Kier molecular flexibility index (Phi) is 9.93. The normalized spacial score (nSPS) is 10.9. The van der Waals surface area contributed by atoms with Gasteiger partial charge in [0.05, 0.1) is 0 Å². The van der Waals surface area contributed by atoms with E-state index < -0.39 is 17.0 Å². The van der Waals surface area contributed by atoms with Crippen molar-refractivity contribution in [1.82, 2.24) is 0 Å². The molecule has 0 amide bonds. The van der Waals surface area contributed by atoms with E-state index in [0.29, 0.717) is 5.56 Å². The number of carboxylic acids is 1. The van der Waals surface area contributed by atoms with Crippen molar-refractivity contribution in [3.63, 3.8) is 0 Å². The zero-order valence-corrected chi connectivity index (χ0v) is 16.7. The van der Waals surface area contributed by atoms with Crippen molar-refractivity contribution in [2.75, 3.05) is 0 Å². The Morgan fingerprint density at radius 3 is 1.71 bits per heavy atom. The maximum Gasteiger partial charge on any atom is 1.00 e. The van der Waals surface area contributed by atoms with E-state index in [-0.39, 0.29) is 70.4 Å². The quantitative estimate of drug-likeness (QED) is 0.417. The molecule has 1 unspecified atom stereocenters. The molecule has 0 saturated heterocycles. The average molecular weight is 320 g/mol. The fourth-order valence-electron chi connectivity index (χ4n) is 1.74. The first-order valence-corrected chi connectivity index (χ1v) is 6.62. The van der Waals surface area contributed by atoms with Crippen LogP contribution in [0.25, 0.3) is 11.1 Å². The van der Waals surface area contributed by atoms with Gasteiger partial charge in [-0.05, 0) is 39.9 Å². The molecule has 2 aromatic carbocycles. The first-order chi connectivity index (χ1) is 9.06. The number of benzene rings is 2. The number of hydrogen-bond acceptors (Lipinski definition) is 4. The number of aliphatic carboxylic acids is 1. The molecule has 0 N–H and O–H groups in total. The largest absolute Gasteiger partial charge is 1.00 e. The van der Waals surface area contributed by atoms with Gasteiger partial charge in [0.25, 0.3) is 0 Å². The van der Waals surface area contributed by atoms with Crippen LogP contribution in [0, 0.1) is 0 Å². The van der Waals surface area contributed by atoms with Gasteiger partial charge in [-0.2, -0.15) is 0 Å². The fraction of sp³-hybridized carbons (Fsp3) is 0.0714. The monoisotopic (exact) mass is 320 g/mol. The van der Waals surface area contributed by atoms with Crippen molar-refractivity contribution in [2.45, 2.75) is 11.3 Å². The minimum absolute atomic E-state index is 0. The molecule has 4 nitrogen and oxygen atoms in total. The summed E-state index contributed by atoms with van der Waals surface area (Å²) in [5.74, 6) is -1.12. The van der Waals surface area contributed by atoms with Gasteiger partial charge in [-0.15, -0.1) is 0 Å². The molecule has 0 aromatic heterocycles. The van der Waals surface area contributed by atoms with Crippen LogP contribution >= 0.6 is 0 Å². The summed E-state index contributed by atoms with van der Waals surface area (Å²) < 4.78 is 21.5. The van der Waals surface area contributed by atoms with E-state index in [1.54, 1.807) is 36.4 Å². The van der Waals surface area contributed by atoms with Gasteiger partial charge in [-0.1, -0.05) is 36.4 Å². The van der Waals surface area contributed by atoms with Crippen LogP contribution in [0.5, 0.6) is 0 Å². The summed E-state index contributed by atoms with van der Waals surface area (Å²) in [6, 6.07) is 13.5. The van der Waals surface area contributed by atoms with Crippen molar-refractivity contribution in [1.29, 1.82) is 0 Å². The summed E-state index contributed by atoms with van der Waals surface area (Å²) in [4.78, 5) is 10.7. The third-order valence-corrected chi connectivity index (χ3v) is 3.34. The SMILES string of the molecule is O=C([O-])Cc1ccc(-c2ccc(S(=O)[O-])cc2)cc1.[Na+].[Na+]. The molecule has 0 aliphatic rings. The van der Waals surface area contributed by atoms with Crippen LogP contribution in [-0.4, -0.2) is 14.7 Å². The first kappa shape index (κ1) is 21.0. The van der Waals surface area contributed by atoms with Gasteiger partial charge in [0.15, 0.2) is 0 Å². The molecule has 0 aliphatic heterocycles. The van der Waals surface area contributed by atoms with Gasteiger partial charge < -0.3 is 14.5 Å². The minimum Gasteiger partial charge on any atom is -0.768 e. The Labute approximate surface area is 169 Å². The zero-order valence-electron chi connectivity index (χ0n) is 11.9. The topological polar surface area (TPSA) is 80.3 Å². The molecular formula is C14H10Na2O4S. The average Bonchev–Trinajstić information content (AvgIpc) is 2.39. The Balaban J connectivity index is 0.00000200. The third-order valence-electron chi connectivity index (χ3n) is 2.68. The van der Waals surface area contributed by atoms with E-state index in [1.807, 2.05) is 0 Å². The third kappa shape index (κ3) is 6.34. The summed E-state index contributed by atoms with van der Waals surface area (Å²) in [7, 11) is 0. The van der Waals surface area contributed by atoms with Crippen molar-refractivity contribution >= 4 is 17.0 Å². The fourth-order valence-corrected chi connectivity index (χ4v) is 2.10. The smallest absolute Gasteiger partial charge is 0.768 e. The van der Waals surface area contributed by atoms with Crippen molar-refractivity contribution in [2.24, 2.45) is 0 Å². The standard InChI is InChI=1S/C14H12O4S.2Na/c15-14(16)9-10-1-3-11(4-2-10)12-5-7-13(8-6-12)19(17)18;;/h1-8H,9H2,(H,15,16)(H,17,18);;/q;2*+1/p-2. The van der Waals surface area contributed by atoms with Crippen molar-refractivity contribution < 1.29 is 77.8 Å². The number of carboxylic acid groups (broad SMARTS) is 1. The predicted molar refractivity (Wildman–Crippen MR) is 67.8 cm³/mol. The second kappa shape index (κ2) is 9.92. The van der Waals surface area contributed by atoms with Gasteiger partial charge in [0, 0.05) is 17.3 Å². The van der Waals surface area contributed by atoms with E-state index in [1.165, 1.54) is 12.1 Å². The van der Waals surface area contributed by atoms with E-state index in [9.17, 15) is 18.7 Å². The minimum atomic E-state index is -2.23. The van der Waals surface area contributed by atoms with Crippen LogP contribution in [0.15, 0.2) is 53.4 Å². The molecule has 21 heavy (non-hydrogen) atoms. The van der Waals surface area contributed by atoms with Crippen LogP contribution in [0.2, 0.25) is 0 Å². The van der Waals surface area contributed by atoms with Gasteiger partial charge in [-0.3, -0.25) is 4.21 Å². The van der Waals surface area contributed by atoms with E-state index >= 15 is 0 Å². The molecule has 2 rings (SSSR count). The Morgan fingerprint density at radius 1 is 0.905 bits per heavy atom. The molecule has 0 spiro atoms. The van der Waals surface area contributed by atoms with Crippen LogP contribution < -0.4 is 64.2 Å². The molecule has 7 heteroatoms. The molecule has 0 bridgehead atoms. The predicted octanol–water partition coefficient (Wildman–Crippen LogP) is -5.11. The molecule has 98 valence electrons. The molecular weight excluding hydrogens is 310 g/mol. The molecule has 0 heterocycles. The first-order valence-electron chi connectivity index (χ1n) is 5.55. The Hall–Kier alpha value is 0.0200. The molecule has 0 aliphatic carbocycles. The molecule has 0 radical (unpaired) electrons. The van der Waals surface area contributed by atoms with Gasteiger partial charge >= 0.3 is 59.1 Å². The number of carbonyl (C=O) groups is 1. The molecule has 0 saturated carbocycles. The number of hydrogen-bond donors (Lipinski definition) is 0. The Bertz CT molecular complexity index is 612. The van der Waals surface area contributed by atoms with Crippen LogP contribution in [0.4, 0.5) is 0 Å². The second-order valence-electron chi connectivity index (χ2n) is 4.00. The summed E-state index contributed by atoms with van der Waals surface area (Å²) >= 11 is -2.23. The summed E-state index contributed by atoms with van der Waals surface area (Å²) in [5.41, 5.74) is 2.43. The molecule has 1 atom stereocenters. The van der Waals surface area contributed by atoms with E-state index in [0.717, 1.165) is 11.1 Å². The zero-order chi connectivity index (χ0) is 13.8. The maximum atomic E-state index is 10.7. The summed E-state index contributed by atoms with van der Waals surface area (Å²) in [5, 5.41) is 10.5. The van der Waals surface area contributed by atoms with Gasteiger partial charge in [0.2, 0.25) is 0 Å². The van der Waals surface area contributed by atoms with E-state index in [2.05, 4.69) is 0 Å². The van der Waals surface area contributed by atoms with E-state index in [4.69, 9.17) is 0 Å². The van der Waals surface area contributed by atoms with Crippen molar-refractivity contribution in [3.05, 3.63) is 54.1 Å². The van der Waals surface area contributed by atoms with Crippen molar-refractivity contribution in [3.8, 4) is 11.1 Å². The maximum absolute atomic E-state index is 10.7. The summed E-state index contributed by atoms with van der Waals surface area (Å²) in [6.45, 7) is 0. The number of carbonyl (C=O) groups excluding carboxylic acids is 1. The van der Waals surface area contributed by atoms with Crippen LogP contribution in [0.3, 0.4) is 0 Å². The van der Waals surface area contributed by atoms with Gasteiger partial charge in [0.1, 0.15) is 0 Å². The number of rotatable bonds is 4. The van der Waals surface area contributed by atoms with Crippen LogP contribution in [0.1, 0.15) is 5.56 Å². The molecule has 0 fully saturated rings. The van der Waals surface area contributed by atoms with Gasteiger partial charge in [-0.25, -0.2) is 0 Å². The Morgan fingerprint density at radius 2 is 1.33 bits per heavy atom. The molecule has 2 aromatic rings. The second-order valence-corrected chi connectivity index (χ2v) is 4.95. The van der Waals surface area contributed by atoms with Crippen LogP contribution in [-0.2, 0) is 22.3 Å².